The molecule has 2 unspecified atom stereocenters. The van der Waals surface area contributed by atoms with Crippen molar-refractivity contribution in [2.75, 3.05) is 0 Å². The number of aromatic amines is 1. The summed E-state index contributed by atoms with van der Waals surface area (Å²) in [6, 6.07) is 17.3. The largest absolute Gasteiger partial charge is 0.342 e. The quantitative estimate of drug-likeness (QED) is 0.510. The Kier molecular flexibility index (Phi) is 5.33. The lowest BCUT2D eigenvalue weighted by Crippen LogP contribution is -2.33. The summed E-state index contributed by atoms with van der Waals surface area (Å²) in [4.78, 5) is 29.6. The van der Waals surface area contributed by atoms with Gasteiger partial charge in [0.25, 0.3) is 5.91 Å². The topological polar surface area (TPSA) is 83.6 Å². The minimum atomic E-state index is -0.228. The lowest BCUT2D eigenvalue weighted by Gasteiger charge is -2.22. The minimum Gasteiger partial charge on any atom is -0.342 e. The SMILES string of the molecule is CCC(C)C(NC(=O)c1cnc(-c2ccccc2)nc1)c1nc2ccccc2[nH]1. The van der Waals surface area contributed by atoms with Crippen LogP contribution in [-0.2, 0) is 0 Å². The van der Waals surface area contributed by atoms with Crippen LogP contribution < -0.4 is 5.32 Å². The molecule has 4 aromatic rings. The Morgan fingerprint density at radius 3 is 2.41 bits per heavy atom. The maximum absolute atomic E-state index is 12.9. The molecule has 0 saturated heterocycles. The predicted octanol–water partition coefficient (Wildman–Crippen LogP) is 4.54. The second-order valence-corrected chi connectivity index (χ2v) is 7.14. The third kappa shape index (κ3) is 4.01. The van der Waals surface area contributed by atoms with Gasteiger partial charge in [-0.1, -0.05) is 62.7 Å². The summed E-state index contributed by atoms with van der Waals surface area (Å²) in [6.45, 7) is 4.21. The lowest BCUT2D eigenvalue weighted by atomic mass is 9.98. The summed E-state index contributed by atoms with van der Waals surface area (Å²) < 4.78 is 0. The molecule has 0 aliphatic rings. The summed E-state index contributed by atoms with van der Waals surface area (Å²) in [5.41, 5.74) is 3.19. The van der Waals surface area contributed by atoms with Crippen LogP contribution in [0.3, 0.4) is 0 Å². The number of nitrogens with one attached hydrogen (secondary N) is 2. The van der Waals surface area contributed by atoms with E-state index in [1.807, 2.05) is 54.6 Å². The molecule has 0 aliphatic carbocycles. The van der Waals surface area contributed by atoms with Gasteiger partial charge in [0.05, 0.1) is 22.6 Å². The van der Waals surface area contributed by atoms with Crippen molar-refractivity contribution in [2.45, 2.75) is 26.3 Å². The molecule has 2 atom stereocenters. The minimum absolute atomic E-state index is 0.212. The van der Waals surface area contributed by atoms with Crippen LogP contribution in [0.5, 0.6) is 0 Å². The van der Waals surface area contributed by atoms with Gasteiger partial charge in [-0.15, -0.1) is 0 Å². The van der Waals surface area contributed by atoms with E-state index in [2.05, 4.69) is 39.1 Å². The summed E-state index contributed by atoms with van der Waals surface area (Å²) >= 11 is 0. The molecule has 0 spiro atoms. The van der Waals surface area contributed by atoms with Gasteiger partial charge >= 0.3 is 0 Å². The van der Waals surface area contributed by atoms with E-state index in [-0.39, 0.29) is 17.9 Å². The molecule has 2 N–H and O–H groups in total. The van der Waals surface area contributed by atoms with Crippen molar-refractivity contribution in [3.8, 4) is 11.4 Å². The zero-order valence-electron chi connectivity index (χ0n) is 16.5. The summed E-state index contributed by atoms with van der Waals surface area (Å²) in [7, 11) is 0. The van der Waals surface area contributed by atoms with Crippen LogP contribution in [-0.4, -0.2) is 25.8 Å². The van der Waals surface area contributed by atoms with Crippen molar-refractivity contribution in [2.24, 2.45) is 5.92 Å². The highest BCUT2D eigenvalue weighted by Gasteiger charge is 2.24. The summed E-state index contributed by atoms with van der Waals surface area (Å²) in [5.74, 6) is 1.35. The van der Waals surface area contributed by atoms with Crippen molar-refractivity contribution in [1.82, 2.24) is 25.3 Å². The van der Waals surface area contributed by atoms with Crippen LogP contribution in [0, 0.1) is 5.92 Å². The number of hydrogen-bond donors (Lipinski definition) is 2. The molecule has 146 valence electrons. The van der Waals surface area contributed by atoms with Crippen molar-refractivity contribution < 1.29 is 4.79 Å². The normalized spacial score (nSPS) is 13.2. The highest BCUT2D eigenvalue weighted by molar-refractivity contribution is 5.94. The fourth-order valence-electron chi connectivity index (χ4n) is 3.24. The molecule has 2 aromatic carbocycles. The molecule has 0 bridgehead atoms. The zero-order chi connectivity index (χ0) is 20.2. The molecule has 6 heteroatoms. The van der Waals surface area contributed by atoms with Crippen LogP contribution >= 0.6 is 0 Å². The molecule has 1 amide bonds. The van der Waals surface area contributed by atoms with Crippen molar-refractivity contribution >= 4 is 16.9 Å². The first-order valence-corrected chi connectivity index (χ1v) is 9.78. The van der Waals surface area contributed by atoms with Gasteiger partial charge in [0.2, 0.25) is 0 Å². The molecule has 0 aliphatic heterocycles. The lowest BCUT2D eigenvalue weighted by molar-refractivity contribution is 0.0919. The second kappa shape index (κ2) is 8.22. The van der Waals surface area contributed by atoms with E-state index in [0.29, 0.717) is 11.4 Å². The molecular formula is C23H23N5O. The Morgan fingerprint density at radius 2 is 1.72 bits per heavy atom. The van der Waals surface area contributed by atoms with Crippen molar-refractivity contribution in [1.29, 1.82) is 0 Å². The molecule has 0 radical (unpaired) electrons. The number of hydrogen-bond acceptors (Lipinski definition) is 4. The van der Waals surface area contributed by atoms with Crippen LogP contribution in [0.1, 0.15) is 42.5 Å². The van der Waals surface area contributed by atoms with Gasteiger partial charge in [-0.2, -0.15) is 0 Å². The molecule has 2 aromatic heterocycles. The van der Waals surface area contributed by atoms with Gasteiger partial charge in [0.15, 0.2) is 5.82 Å². The first-order chi connectivity index (χ1) is 14.2. The molecule has 6 nitrogen and oxygen atoms in total. The van der Waals surface area contributed by atoms with E-state index < -0.39 is 0 Å². The van der Waals surface area contributed by atoms with E-state index in [0.717, 1.165) is 28.8 Å². The maximum Gasteiger partial charge on any atom is 0.255 e. The van der Waals surface area contributed by atoms with Crippen LogP contribution in [0.25, 0.3) is 22.4 Å². The van der Waals surface area contributed by atoms with Crippen LogP contribution in [0.4, 0.5) is 0 Å². The first-order valence-electron chi connectivity index (χ1n) is 9.78. The van der Waals surface area contributed by atoms with E-state index in [1.165, 1.54) is 0 Å². The van der Waals surface area contributed by atoms with Crippen LogP contribution in [0.2, 0.25) is 0 Å². The Bertz CT molecular complexity index is 1070. The number of amides is 1. The van der Waals surface area contributed by atoms with E-state index in [4.69, 9.17) is 0 Å². The smallest absolute Gasteiger partial charge is 0.255 e. The van der Waals surface area contributed by atoms with Gasteiger partial charge in [-0.25, -0.2) is 15.0 Å². The van der Waals surface area contributed by atoms with E-state index >= 15 is 0 Å². The molecule has 0 saturated carbocycles. The number of aromatic nitrogens is 4. The average Bonchev–Trinajstić information content (AvgIpc) is 3.21. The fraction of sp³-hybridized carbons (Fsp3) is 0.217. The number of benzene rings is 2. The van der Waals surface area contributed by atoms with Gasteiger partial charge in [0, 0.05) is 18.0 Å². The fourth-order valence-corrected chi connectivity index (χ4v) is 3.24. The Morgan fingerprint density at radius 1 is 1.03 bits per heavy atom. The van der Waals surface area contributed by atoms with Gasteiger partial charge in [0.1, 0.15) is 5.82 Å². The molecular weight excluding hydrogens is 362 g/mol. The van der Waals surface area contributed by atoms with Crippen LogP contribution in [0.15, 0.2) is 67.0 Å². The average molecular weight is 385 g/mol. The Hall–Kier alpha value is -3.54. The number of carbonyl (C=O) groups excluding carboxylic acids is 1. The van der Waals surface area contributed by atoms with Gasteiger partial charge < -0.3 is 10.3 Å². The second-order valence-electron chi connectivity index (χ2n) is 7.14. The zero-order valence-corrected chi connectivity index (χ0v) is 16.5. The van der Waals surface area contributed by atoms with E-state index in [1.54, 1.807) is 12.4 Å². The summed E-state index contributed by atoms with van der Waals surface area (Å²) in [6.07, 6.45) is 4.04. The number of para-hydroxylation sites is 2. The monoisotopic (exact) mass is 385 g/mol. The Labute approximate surface area is 169 Å². The standard InChI is InChI=1S/C23H23N5O/c1-3-15(2)20(22-26-18-11-7-8-12-19(18)27-22)28-23(29)17-13-24-21(25-14-17)16-9-5-4-6-10-16/h4-15,20H,3H2,1-2H3,(H,26,27)(H,28,29). The molecule has 4 rings (SSSR count). The number of fused-ring (bicyclic) bond motifs is 1. The number of nitrogens with zero attached hydrogens (tertiary/aromatic N) is 3. The number of carbonyl (C=O) groups is 1. The van der Waals surface area contributed by atoms with Gasteiger partial charge in [-0.05, 0) is 18.1 Å². The molecule has 2 heterocycles. The van der Waals surface area contributed by atoms with Crippen molar-refractivity contribution in [3.05, 3.63) is 78.4 Å². The summed E-state index contributed by atoms with van der Waals surface area (Å²) in [5, 5.41) is 3.11. The Balaban J connectivity index is 1.56. The molecule has 0 fully saturated rings. The third-order valence-electron chi connectivity index (χ3n) is 5.15. The number of imidazole rings is 1. The predicted molar refractivity (Wildman–Crippen MR) is 113 cm³/mol. The van der Waals surface area contributed by atoms with Crippen molar-refractivity contribution in [3.63, 3.8) is 0 Å². The number of H-pyrrole nitrogens is 1. The highest BCUT2D eigenvalue weighted by atomic mass is 16.1. The third-order valence-corrected chi connectivity index (χ3v) is 5.15. The van der Waals surface area contributed by atoms with E-state index in [9.17, 15) is 4.79 Å². The maximum atomic E-state index is 12.9. The molecule has 29 heavy (non-hydrogen) atoms. The highest BCUT2D eigenvalue weighted by Crippen LogP contribution is 2.25. The number of rotatable bonds is 6. The first kappa shape index (κ1) is 18.8. The van der Waals surface area contributed by atoms with Gasteiger partial charge in [-0.3, -0.25) is 4.79 Å².